The molecule has 20 heavy (non-hydrogen) atoms. The van der Waals surface area contributed by atoms with Crippen molar-refractivity contribution in [2.24, 2.45) is 5.73 Å². The number of nitrogens with two attached hydrogens (primary N) is 1. The molecule has 0 aromatic carbocycles. The molecule has 114 valence electrons. The highest BCUT2D eigenvalue weighted by Gasteiger charge is 2.32. The first-order chi connectivity index (χ1) is 9.53. The van der Waals surface area contributed by atoms with Gasteiger partial charge in [-0.1, -0.05) is 6.42 Å². The second kappa shape index (κ2) is 6.66. The normalized spacial score (nSPS) is 22.8. The van der Waals surface area contributed by atoms with Gasteiger partial charge in [-0.25, -0.2) is 0 Å². The number of rotatable bonds is 6. The molecule has 2 unspecified atom stereocenters. The second-order valence-electron chi connectivity index (χ2n) is 5.25. The van der Waals surface area contributed by atoms with Crippen LogP contribution >= 0.6 is 0 Å². The van der Waals surface area contributed by atoms with Crippen molar-refractivity contribution in [1.29, 1.82) is 0 Å². The van der Waals surface area contributed by atoms with Crippen LogP contribution < -0.4 is 10.5 Å². The second-order valence-corrected chi connectivity index (χ2v) is 6.90. The Morgan fingerprint density at radius 2 is 2.30 bits per heavy atom. The molecule has 1 aliphatic heterocycles. The molecule has 0 saturated carbocycles. The smallest absolute Gasteiger partial charge is 0.280 e. The minimum absolute atomic E-state index is 0.0850. The van der Waals surface area contributed by atoms with Crippen molar-refractivity contribution in [2.75, 3.05) is 13.1 Å². The molecule has 0 bridgehead atoms. The van der Waals surface area contributed by atoms with Gasteiger partial charge in [0.05, 0.1) is 6.54 Å². The van der Waals surface area contributed by atoms with E-state index in [0.717, 1.165) is 19.3 Å². The summed E-state index contributed by atoms with van der Waals surface area (Å²) in [4.78, 5) is 0. The summed E-state index contributed by atoms with van der Waals surface area (Å²) in [5.41, 5.74) is 5.68. The van der Waals surface area contributed by atoms with Crippen LogP contribution in [0.2, 0.25) is 0 Å². The zero-order chi connectivity index (χ0) is 14.6. The lowest BCUT2D eigenvalue weighted by Gasteiger charge is -2.34. The highest BCUT2D eigenvalue weighted by molar-refractivity contribution is 7.87. The van der Waals surface area contributed by atoms with Crippen molar-refractivity contribution in [1.82, 2.24) is 18.8 Å². The molecule has 7 nitrogen and oxygen atoms in total. The monoisotopic (exact) mass is 301 g/mol. The molecule has 0 radical (unpaired) electrons. The third kappa shape index (κ3) is 3.78. The van der Waals surface area contributed by atoms with Gasteiger partial charge in [0, 0.05) is 37.6 Å². The van der Waals surface area contributed by atoms with Crippen LogP contribution in [0.1, 0.15) is 26.2 Å². The largest absolute Gasteiger partial charge is 0.329 e. The van der Waals surface area contributed by atoms with E-state index in [9.17, 15) is 8.42 Å². The Labute approximate surface area is 120 Å². The lowest BCUT2D eigenvalue weighted by Crippen LogP contribution is -2.53. The first kappa shape index (κ1) is 15.4. The zero-order valence-electron chi connectivity index (χ0n) is 11.8. The summed E-state index contributed by atoms with van der Waals surface area (Å²) < 4.78 is 30.8. The van der Waals surface area contributed by atoms with Crippen molar-refractivity contribution in [2.45, 2.75) is 44.8 Å². The van der Waals surface area contributed by atoms with Crippen molar-refractivity contribution in [3.63, 3.8) is 0 Å². The van der Waals surface area contributed by atoms with E-state index >= 15 is 0 Å². The molecular formula is C12H23N5O2S. The first-order valence-electron chi connectivity index (χ1n) is 6.99. The van der Waals surface area contributed by atoms with E-state index in [-0.39, 0.29) is 12.1 Å². The molecule has 2 heterocycles. The van der Waals surface area contributed by atoms with Crippen LogP contribution in [0, 0.1) is 0 Å². The van der Waals surface area contributed by atoms with E-state index in [4.69, 9.17) is 5.73 Å². The molecule has 1 aromatic rings. The van der Waals surface area contributed by atoms with E-state index in [2.05, 4.69) is 9.82 Å². The van der Waals surface area contributed by atoms with Gasteiger partial charge >= 0.3 is 0 Å². The summed E-state index contributed by atoms with van der Waals surface area (Å²) in [6.45, 7) is 3.26. The number of hydrogen-bond donors (Lipinski definition) is 2. The molecule has 0 aliphatic carbocycles. The van der Waals surface area contributed by atoms with E-state index in [1.807, 2.05) is 19.2 Å². The van der Waals surface area contributed by atoms with Crippen LogP contribution in [-0.4, -0.2) is 47.7 Å². The molecule has 0 amide bonds. The lowest BCUT2D eigenvalue weighted by molar-refractivity contribution is 0.252. The maximum Gasteiger partial charge on any atom is 0.280 e. The molecule has 1 saturated heterocycles. The third-order valence-electron chi connectivity index (χ3n) is 3.52. The summed E-state index contributed by atoms with van der Waals surface area (Å²) in [5, 5.41) is 4.08. The predicted molar refractivity (Wildman–Crippen MR) is 77.1 cm³/mol. The van der Waals surface area contributed by atoms with Gasteiger partial charge in [0.25, 0.3) is 10.2 Å². The molecule has 2 rings (SSSR count). The number of hydrogen-bond acceptors (Lipinski definition) is 4. The zero-order valence-corrected chi connectivity index (χ0v) is 12.6. The molecule has 1 aliphatic rings. The molecule has 3 N–H and O–H groups in total. The summed E-state index contributed by atoms with van der Waals surface area (Å²) in [7, 11) is -3.48. The van der Waals surface area contributed by atoms with Crippen LogP contribution in [0.25, 0.3) is 0 Å². The van der Waals surface area contributed by atoms with Gasteiger partial charge < -0.3 is 5.73 Å². The maximum atomic E-state index is 12.4. The van der Waals surface area contributed by atoms with Gasteiger partial charge in [-0.15, -0.1) is 0 Å². The van der Waals surface area contributed by atoms with Crippen molar-refractivity contribution in [3.8, 4) is 0 Å². The van der Waals surface area contributed by atoms with E-state index < -0.39 is 10.2 Å². The maximum absolute atomic E-state index is 12.4. The van der Waals surface area contributed by atoms with Crippen molar-refractivity contribution < 1.29 is 8.42 Å². The number of aromatic nitrogens is 2. The Morgan fingerprint density at radius 1 is 1.50 bits per heavy atom. The highest BCUT2D eigenvalue weighted by Crippen LogP contribution is 2.19. The molecule has 1 fully saturated rings. The van der Waals surface area contributed by atoms with Crippen LogP contribution in [0.15, 0.2) is 18.5 Å². The summed E-state index contributed by atoms with van der Waals surface area (Å²) >= 11 is 0. The fourth-order valence-electron chi connectivity index (χ4n) is 2.57. The van der Waals surface area contributed by atoms with E-state index in [0.29, 0.717) is 19.6 Å². The van der Waals surface area contributed by atoms with Crippen molar-refractivity contribution >= 4 is 10.2 Å². The fraction of sp³-hybridized carbons (Fsp3) is 0.750. The highest BCUT2D eigenvalue weighted by atomic mass is 32.2. The number of nitrogens with one attached hydrogen (secondary N) is 1. The minimum Gasteiger partial charge on any atom is -0.329 e. The standard InChI is InChI=1S/C12H23N5O2S/c1-11(10-16-7-4-6-14-16)15-20(18,19)17-8-3-2-5-12(17)9-13/h4,6-7,11-12,15H,2-3,5,8-10,13H2,1H3. The van der Waals surface area contributed by atoms with Crippen molar-refractivity contribution in [3.05, 3.63) is 18.5 Å². The van der Waals surface area contributed by atoms with E-state index in [1.54, 1.807) is 10.9 Å². The van der Waals surface area contributed by atoms with Gasteiger partial charge in [-0.2, -0.15) is 22.5 Å². The van der Waals surface area contributed by atoms with Gasteiger partial charge in [-0.05, 0) is 25.8 Å². The van der Waals surface area contributed by atoms with Crippen LogP contribution in [0.5, 0.6) is 0 Å². The molecule has 0 spiro atoms. The average molecular weight is 301 g/mol. The molecule has 1 aromatic heterocycles. The van der Waals surface area contributed by atoms with Crippen LogP contribution in [0.4, 0.5) is 0 Å². The topological polar surface area (TPSA) is 93.2 Å². The first-order valence-corrected chi connectivity index (χ1v) is 8.43. The Morgan fingerprint density at radius 3 is 2.95 bits per heavy atom. The van der Waals surface area contributed by atoms with Gasteiger partial charge in [0.2, 0.25) is 0 Å². The fourth-order valence-corrected chi connectivity index (χ4v) is 4.25. The van der Waals surface area contributed by atoms with Crippen LogP contribution in [0.3, 0.4) is 0 Å². The Hall–Kier alpha value is -0.960. The summed E-state index contributed by atoms with van der Waals surface area (Å²) in [6, 6.07) is 1.51. The Kier molecular flexibility index (Phi) is 5.14. The lowest BCUT2D eigenvalue weighted by atomic mass is 10.1. The Balaban J connectivity index is 1.98. The van der Waals surface area contributed by atoms with Crippen LogP contribution in [-0.2, 0) is 16.8 Å². The van der Waals surface area contributed by atoms with Gasteiger partial charge in [-0.3, -0.25) is 4.68 Å². The van der Waals surface area contributed by atoms with Gasteiger partial charge in [0.15, 0.2) is 0 Å². The molecular weight excluding hydrogens is 278 g/mol. The molecule has 8 heteroatoms. The third-order valence-corrected chi connectivity index (χ3v) is 5.32. The summed E-state index contributed by atoms with van der Waals surface area (Å²) in [5.74, 6) is 0. The number of nitrogens with zero attached hydrogens (tertiary/aromatic N) is 3. The van der Waals surface area contributed by atoms with Gasteiger partial charge in [0.1, 0.15) is 0 Å². The SMILES string of the molecule is CC(Cn1cccn1)NS(=O)(=O)N1CCCCC1CN. The van der Waals surface area contributed by atoms with E-state index in [1.165, 1.54) is 4.31 Å². The predicted octanol–water partition coefficient (Wildman–Crippen LogP) is -0.0808. The average Bonchev–Trinajstić information content (AvgIpc) is 2.90. The number of piperidine rings is 1. The Bertz CT molecular complexity index is 502. The molecule has 2 atom stereocenters. The minimum atomic E-state index is -3.48. The summed E-state index contributed by atoms with van der Waals surface area (Å²) in [6.07, 6.45) is 6.26. The quantitative estimate of drug-likeness (QED) is 0.768.